The molecule has 4 aromatic rings. The maximum Gasteiger partial charge on any atom is 0.212 e. The Hall–Kier alpha value is -2.67. The highest BCUT2D eigenvalue weighted by molar-refractivity contribution is 6.04. The third-order valence-electron chi connectivity index (χ3n) is 4.82. The minimum Gasteiger partial charge on any atom is -0.200 e. The molecule has 1 heteroatoms. The average molecular weight is 312 g/mol. The van der Waals surface area contributed by atoms with Gasteiger partial charge in [-0.25, -0.2) is 4.57 Å². The van der Waals surface area contributed by atoms with Crippen molar-refractivity contribution in [1.82, 2.24) is 0 Å². The largest absolute Gasteiger partial charge is 0.212 e. The molecule has 0 aliphatic carbocycles. The van der Waals surface area contributed by atoms with E-state index in [9.17, 15) is 0 Å². The Morgan fingerprint density at radius 2 is 1.54 bits per heavy atom. The van der Waals surface area contributed by atoms with Crippen LogP contribution in [0.1, 0.15) is 16.7 Å². The smallest absolute Gasteiger partial charge is 0.200 e. The number of hydrogen-bond acceptors (Lipinski definition) is 0. The van der Waals surface area contributed by atoms with Crippen molar-refractivity contribution in [3.8, 4) is 0 Å². The van der Waals surface area contributed by atoms with Crippen molar-refractivity contribution in [2.45, 2.75) is 19.8 Å². The van der Waals surface area contributed by atoms with Crippen LogP contribution in [0.2, 0.25) is 0 Å². The van der Waals surface area contributed by atoms with Gasteiger partial charge in [-0.2, -0.15) is 0 Å². The Bertz CT molecular complexity index is 1020. The van der Waals surface area contributed by atoms with Crippen molar-refractivity contribution in [2.75, 3.05) is 0 Å². The molecule has 0 unspecified atom stereocenters. The van der Waals surface area contributed by atoms with Gasteiger partial charge in [0.15, 0.2) is 6.20 Å². The minimum absolute atomic E-state index is 1.08. The van der Waals surface area contributed by atoms with E-state index in [0.717, 1.165) is 12.8 Å². The lowest BCUT2D eigenvalue weighted by Crippen LogP contribution is -2.28. The zero-order valence-corrected chi connectivity index (χ0v) is 14.3. The maximum absolute atomic E-state index is 2.35. The topological polar surface area (TPSA) is 3.88 Å². The third kappa shape index (κ3) is 2.78. The molecule has 1 heterocycles. The standard InChI is InChI=1S/C23H22N/c1-17-8-13-23-22(14-17)21-12-11-19(15-20(21)16-24(23)2)10-9-18-6-4-3-5-7-18/h3-8,11-16H,9-10H2,1-2H3/q+1. The van der Waals surface area contributed by atoms with E-state index in [1.165, 1.54) is 38.4 Å². The van der Waals surface area contributed by atoms with Gasteiger partial charge in [-0.15, -0.1) is 0 Å². The lowest BCUT2D eigenvalue weighted by molar-refractivity contribution is -0.643. The van der Waals surface area contributed by atoms with Crippen molar-refractivity contribution in [3.05, 3.63) is 89.6 Å². The molecule has 118 valence electrons. The molecule has 0 bridgehead atoms. The molecule has 0 aliphatic rings. The normalized spacial score (nSPS) is 11.2. The molecule has 0 saturated heterocycles. The molecular formula is C23H22N+. The van der Waals surface area contributed by atoms with Gasteiger partial charge in [0.1, 0.15) is 7.05 Å². The number of aromatic nitrogens is 1. The highest BCUT2D eigenvalue weighted by Gasteiger charge is 2.11. The summed E-state index contributed by atoms with van der Waals surface area (Å²) in [6.07, 6.45) is 4.42. The maximum atomic E-state index is 2.35. The van der Waals surface area contributed by atoms with Crippen LogP contribution in [0.25, 0.3) is 21.7 Å². The Kier molecular flexibility index (Phi) is 3.78. The van der Waals surface area contributed by atoms with Crippen molar-refractivity contribution < 1.29 is 4.57 Å². The first-order valence-electron chi connectivity index (χ1n) is 8.56. The SMILES string of the molecule is Cc1ccc2c(c1)c1ccc(CCc3ccccc3)cc1c[n+]2C. The summed E-state index contributed by atoms with van der Waals surface area (Å²) < 4.78 is 2.23. The fourth-order valence-corrected chi connectivity index (χ4v) is 3.50. The summed E-state index contributed by atoms with van der Waals surface area (Å²) in [5.74, 6) is 0. The highest BCUT2D eigenvalue weighted by atomic mass is 14.9. The summed E-state index contributed by atoms with van der Waals surface area (Å²) in [4.78, 5) is 0. The van der Waals surface area contributed by atoms with Gasteiger partial charge in [0.2, 0.25) is 5.52 Å². The molecule has 0 N–H and O–H groups in total. The molecule has 0 fully saturated rings. The van der Waals surface area contributed by atoms with E-state index in [2.05, 4.69) is 91.5 Å². The lowest BCUT2D eigenvalue weighted by atomic mass is 9.99. The zero-order valence-electron chi connectivity index (χ0n) is 14.3. The number of nitrogens with zero attached hydrogens (tertiary/aromatic N) is 1. The van der Waals surface area contributed by atoms with Crippen LogP contribution in [-0.2, 0) is 19.9 Å². The molecular weight excluding hydrogens is 290 g/mol. The summed E-state index contributed by atoms with van der Waals surface area (Å²) >= 11 is 0. The first-order chi connectivity index (χ1) is 11.7. The van der Waals surface area contributed by atoms with E-state index < -0.39 is 0 Å². The number of hydrogen-bond donors (Lipinski definition) is 0. The second-order valence-corrected chi connectivity index (χ2v) is 6.67. The van der Waals surface area contributed by atoms with Gasteiger partial charge in [0.05, 0.1) is 5.39 Å². The molecule has 3 aromatic carbocycles. The monoisotopic (exact) mass is 312 g/mol. The number of fused-ring (bicyclic) bond motifs is 3. The van der Waals surface area contributed by atoms with Crippen LogP contribution in [0.15, 0.2) is 72.9 Å². The van der Waals surface area contributed by atoms with Crippen molar-refractivity contribution in [3.63, 3.8) is 0 Å². The van der Waals surface area contributed by atoms with E-state index in [1.807, 2.05) is 0 Å². The molecule has 24 heavy (non-hydrogen) atoms. The average Bonchev–Trinajstić information content (AvgIpc) is 2.60. The van der Waals surface area contributed by atoms with Crippen LogP contribution in [-0.4, -0.2) is 0 Å². The highest BCUT2D eigenvalue weighted by Crippen LogP contribution is 2.25. The number of benzene rings is 3. The van der Waals surface area contributed by atoms with E-state index in [1.54, 1.807) is 0 Å². The second-order valence-electron chi connectivity index (χ2n) is 6.67. The predicted molar refractivity (Wildman–Crippen MR) is 101 cm³/mol. The Balaban J connectivity index is 1.74. The first-order valence-corrected chi connectivity index (χ1v) is 8.56. The lowest BCUT2D eigenvalue weighted by Gasteiger charge is -2.07. The van der Waals surface area contributed by atoms with Gasteiger partial charge in [0.25, 0.3) is 0 Å². The van der Waals surface area contributed by atoms with E-state index >= 15 is 0 Å². The van der Waals surface area contributed by atoms with Crippen molar-refractivity contribution in [2.24, 2.45) is 7.05 Å². The summed E-state index contributed by atoms with van der Waals surface area (Å²) in [6, 6.07) is 24.3. The molecule has 0 saturated carbocycles. The molecule has 0 spiro atoms. The van der Waals surface area contributed by atoms with Crippen LogP contribution in [0.4, 0.5) is 0 Å². The van der Waals surface area contributed by atoms with Gasteiger partial charge in [-0.3, -0.25) is 0 Å². The van der Waals surface area contributed by atoms with Gasteiger partial charge < -0.3 is 0 Å². The van der Waals surface area contributed by atoms with E-state index in [0.29, 0.717) is 0 Å². The van der Waals surface area contributed by atoms with Crippen LogP contribution >= 0.6 is 0 Å². The fourth-order valence-electron chi connectivity index (χ4n) is 3.50. The van der Waals surface area contributed by atoms with Crippen LogP contribution in [0, 0.1) is 6.92 Å². The van der Waals surface area contributed by atoms with E-state index in [4.69, 9.17) is 0 Å². The number of aryl methyl sites for hydroxylation is 4. The minimum atomic E-state index is 1.08. The summed E-state index contributed by atoms with van der Waals surface area (Å²) in [5.41, 5.74) is 5.39. The number of rotatable bonds is 3. The van der Waals surface area contributed by atoms with Crippen LogP contribution in [0.3, 0.4) is 0 Å². The Morgan fingerprint density at radius 3 is 2.38 bits per heavy atom. The first kappa shape index (κ1) is 14.9. The predicted octanol–water partition coefficient (Wildman–Crippen LogP) is 4.91. The summed E-state index contributed by atoms with van der Waals surface area (Å²) in [5, 5.41) is 4.00. The molecule has 0 atom stereocenters. The van der Waals surface area contributed by atoms with Crippen molar-refractivity contribution >= 4 is 21.7 Å². The molecule has 0 aliphatic heterocycles. The Labute approximate surface area is 143 Å². The van der Waals surface area contributed by atoms with Gasteiger partial charge in [0, 0.05) is 16.8 Å². The van der Waals surface area contributed by atoms with Gasteiger partial charge >= 0.3 is 0 Å². The van der Waals surface area contributed by atoms with E-state index in [-0.39, 0.29) is 0 Å². The second kappa shape index (κ2) is 6.09. The van der Waals surface area contributed by atoms with Crippen molar-refractivity contribution in [1.29, 1.82) is 0 Å². The molecule has 1 nitrogen and oxygen atoms in total. The number of pyridine rings is 1. The Morgan fingerprint density at radius 1 is 0.750 bits per heavy atom. The zero-order chi connectivity index (χ0) is 16.5. The summed E-state index contributed by atoms with van der Waals surface area (Å²) in [6.45, 7) is 2.16. The third-order valence-corrected chi connectivity index (χ3v) is 4.82. The fraction of sp³-hybridized carbons (Fsp3) is 0.174. The molecule has 4 rings (SSSR count). The van der Waals surface area contributed by atoms with Gasteiger partial charge in [-0.1, -0.05) is 54.1 Å². The molecule has 0 radical (unpaired) electrons. The quantitative estimate of drug-likeness (QED) is 0.374. The van der Waals surface area contributed by atoms with Gasteiger partial charge in [-0.05, 0) is 43.0 Å². The van der Waals surface area contributed by atoms with Crippen LogP contribution in [0.5, 0.6) is 0 Å². The summed E-state index contributed by atoms with van der Waals surface area (Å²) in [7, 11) is 2.13. The molecule has 0 amide bonds. The van der Waals surface area contributed by atoms with Crippen LogP contribution < -0.4 is 4.57 Å². The molecule has 1 aromatic heterocycles.